The number of rotatable bonds is 4. The van der Waals surface area contributed by atoms with Crippen molar-refractivity contribution in [2.45, 2.75) is 0 Å². The molecule has 0 unspecified atom stereocenters. The zero-order chi connectivity index (χ0) is 12.1. The predicted octanol–water partition coefficient (Wildman–Crippen LogP) is -1.13. The summed E-state index contributed by atoms with van der Waals surface area (Å²) in [5, 5.41) is 8.08. The van der Waals surface area contributed by atoms with Gasteiger partial charge in [0.1, 0.15) is 6.16 Å². The summed E-state index contributed by atoms with van der Waals surface area (Å²) in [6.45, 7) is 0. The van der Waals surface area contributed by atoms with Crippen molar-refractivity contribution in [3.63, 3.8) is 0 Å². The number of carbonyl (C=O) groups is 3. The average Bonchev–Trinajstić information content (AvgIpc) is 1.96. The van der Waals surface area contributed by atoms with Crippen molar-refractivity contribution in [2.24, 2.45) is 0 Å². The molecule has 9 heteroatoms. The quantitative estimate of drug-likeness (QED) is 0.242. The highest BCUT2D eigenvalue weighted by Gasteiger charge is 2.21. The summed E-state index contributed by atoms with van der Waals surface area (Å²) < 4.78 is 14.1. The summed E-state index contributed by atoms with van der Waals surface area (Å²) in [5.74, 6) is -4.16. The van der Waals surface area contributed by atoms with Gasteiger partial charge in [-0.15, -0.1) is 0 Å². The van der Waals surface area contributed by atoms with E-state index in [9.17, 15) is 18.9 Å². The van der Waals surface area contributed by atoms with Crippen molar-refractivity contribution in [2.75, 3.05) is 6.16 Å². The van der Waals surface area contributed by atoms with E-state index in [0.29, 0.717) is 12.2 Å². The maximum absolute atomic E-state index is 10.6. The largest absolute Gasteiger partial charge is 0.478 e. The maximum Gasteiger partial charge on any atom is 0.338 e. The second-order valence-corrected chi connectivity index (χ2v) is 3.93. The van der Waals surface area contributed by atoms with Crippen molar-refractivity contribution < 1.29 is 38.6 Å². The second kappa shape index (κ2) is 5.40. The normalized spacial score (nSPS) is 11.3. The summed E-state index contributed by atoms with van der Waals surface area (Å²) >= 11 is 0. The van der Waals surface area contributed by atoms with Gasteiger partial charge in [-0.1, -0.05) is 0 Å². The van der Waals surface area contributed by atoms with Crippen LogP contribution in [0.1, 0.15) is 0 Å². The Morgan fingerprint density at radius 2 is 1.73 bits per heavy atom. The molecule has 0 saturated heterocycles. The van der Waals surface area contributed by atoms with Crippen LogP contribution in [0.3, 0.4) is 0 Å². The van der Waals surface area contributed by atoms with Crippen molar-refractivity contribution in [1.29, 1.82) is 0 Å². The topological polar surface area (TPSA) is 138 Å². The van der Waals surface area contributed by atoms with Crippen molar-refractivity contribution in [3.05, 3.63) is 12.2 Å². The van der Waals surface area contributed by atoms with Gasteiger partial charge < -0.3 is 19.6 Å². The first-order valence-electron chi connectivity index (χ1n) is 3.41. The Morgan fingerprint density at radius 1 is 1.20 bits per heavy atom. The molecule has 15 heavy (non-hydrogen) atoms. The number of esters is 2. The highest BCUT2D eigenvalue weighted by Crippen LogP contribution is 2.33. The summed E-state index contributed by atoms with van der Waals surface area (Å²) in [4.78, 5) is 47.7. The van der Waals surface area contributed by atoms with Gasteiger partial charge in [0.05, 0.1) is 0 Å². The van der Waals surface area contributed by atoms with Crippen molar-refractivity contribution >= 4 is 25.5 Å². The molecule has 0 aromatic heterocycles. The summed E-state index contributed by atoms with van der Waals surface area (Å²) in [5.41, 5.74) is 0. The third-order valence-corrected chi connectivity index (χ3v) is 1.58. The third-order valence-electron chi connectivity index (χ3n) is 0.911. The standard InChI is InChI=1S/C6H7O8P/c7-4(8)1-2-5(9)14-6(10)3-15(11,12)13/h1-2H,3H2,(H,7,8)(H2,11,12,13)/b2-1-. The SMILES string of the molecule is O=C(O)/C=C\C(=O)OC(=O)CP(=O)(O)O. The molecule has 0 aromatic rings. The first-order valence-corrected chi connectivity index (χ1v) is 5.20. The highest BCUT2D eigenvalue weighted by molar-refractivity contribution is 7.52. The third kappa shape index (κ3) is 8.82. The fourth-order valence-electron chi connectivity index (χ4n) is 0.486. The smallest absolute Gasteiger partial charge is 0.338 e. The number of carboxylic acid groups (broad SMARTS) is 1. The molecular formula is C6H7O8P. The number of carboxylic acids is 1. The monoisotopic (exact) mass is 238 g/mol. The Kier molecular flexibility index (Phi) is 4.86. The predicted molar refractivity (Wildman–Crippen MR) is 44.8 cm³/mol. The van der Waals surface area contributed by atoms with Gasteiger partial charge in [-0.2, -0.15) is 0 Å². The molecule has 0 aliphatic rings. The molecule has 0 heterocycles. The molecule has 0 amide bonds. The van der Waals surface area contributed by atoms with Gasteiger partial charge in [0.25, 0.3) is 0 Å². The lowest BCUT2D eigenvalue weighted by atomic mass is 10.5. The van der Waals surface area contributed by atoms with Crippen LogP contribution in [0, 0.1) is 0 Å². The van der Waals surface area contributed by atoms with Crippen LogP contribution < -0.4 is 0 Å². The Balaban J connectivity index is 4.15. The molecular weight excluding hydrogens is 231 g/mol. The van der Waals surface area contributed by atoms with E-state index in [1.807, 2.05) is 0 Å². The van der Waals surface area contributed by atoms with Crippen molar-refractivity contribution in [1.82, 2.24) is 0 Å². The molecule has 0 bridgehead atoms. The van der Waals surface area contributed by atoms with Crippen LogP contribution in [0.15, 0.2) is 12.2 Å². The van der Waals surface area contributed by atoms with Gasteiger partial charge in [0, 0.05) is 12.2 Å². The minimum Gasteiger partial charge on any atom is -0.478 e. The van der Waals surface area contributed by atoms with E-state index in [-0.39, 0.29) is 0 Å². The molecule has 84 valence electrons. The van der Waals surface area contributed by atoms with Crippen LogP contribution in [-0.2, 0) is 23.7 Å². The molecule has 0 rings (SSSR count). The molecule has 0 spiro atoms. The fraction of sp³-hybridized carbons (Fsp3) is 0.167. The number of hydrogen-bond donors (Lipinski definition) is 3. The van der Waals surface area contributed by atoms with Gasteiger partial charge >= 0.3 is 25.5 Å². The van der Waals surface area contributed by atoms with Crippen LogP contribution in [0.2, 0.25) is 0 Å². The van der Waals surface area contributed by atoms with Crippen LogP contribution in [-0.4, -0.2) is 39.0 Å². The van der Waals surface area contributed by atoms with E-state index in [0.717, 1.165) is 0 Å². The Labute approximate surface area is 83.3 Å². The van der Waals surface area contributed by atoms with Crippen LogP contribution in [0.25, 0.3) is 0 Å². The molecule has 0 aliphatic heterocycles. The number of aliphatic carboxylic acids is 1. The zero-order valence-corrected chi connectivity index (χ0v) is 8.09. The maximum atomic E-state index is 10.6. The van der Waals surface area contributed by atoms with Crippen LogP contribution >= 0.6 is 7.60 Å². The highest BCUT2D eigenvalue weighted by atomic mass is 31.2. The number of ether oxygens (including phenoxy) is 1. The lowest BCUT2D eigenvalue weighted by Gasteiger charge is -2.01. The van der Waals surface area contributed by atoms with E-state index in [2.05, 4.69) is 4.74 Å². The van der Waals surface area contributed by atoms with Gasteiger partial charge in [0.2, 0.25) is 0 Å². The fourth-order valence-corrected chi connectivity index (χ4v) is 0.887. The van der Waals surface area contributed by atoms with Gasteiger partial charge in [-0.3, -0.25) is 9.36 Å². The molecule has 0 radical (unpaired) electrons. The van der Waals surface area contributed by atoms with Gasteiger partial charge in [-0.25, -0.2) is 9.59 Å². The molecule has 3 N–H and O–H groups in total. The Morgan fingerprint density at radius 3 is 2.13 bits per heavy atom. The molecule has 0 fully saturated rings. The molecule has 0 atom stereocenters. The zero-order valence-electron chi connectivity index (χ0n) is 7.19. The van der Waals surface area contributed by atoms with E-state index in [1.54, 1.807) is 0 Å². The molecule has 0 aromatic carbocycles. The first-order chi connectivity index (χ1) is 6.70. The molecule has 8 nitrogen and oxygen atoms in total. The Bertz CT molecular complexity index is 350. The number of carbonyl (C=O) groups excluding carboxylic acids is 2. The van der Waals surface area contributed by atoms with Crippen molar-refractivity contribution in [3.8, 4) is 0 Å². The minimum atomic E-state index is -4.58. The van der Waals surface area contributed by atoms with E-state index >= 15 is 0 Å². The van der Waals surface area contributed by atoms with Crippen LogP contribution in [0.4, 0.5) is 0 Å². The van der Waals surface area contributed by atoms with E-state index < -0.39 is 31.7 Å². The van der Waals surface area contributed by atoms with Crippen LogP contribution in [0.5, 0.6) is 0 Å². The molecule has 0 aliphatic carbocycles. The molecule has 0 saturated carbocycles. The van der Waals surface area contributed by atoms with Gasteiger partial charge in [0.15, 0.2) is 0 Å². The first kappa shape index (κ1) is 13.5. The van der Waals surface area contributed by atoms with Gasteiger partial charge in [-0.05, 0) is 0 Å². The van der Waals surface area contributed by atoms with E-state index in [4.69, 9.17) is 14.9 Å². The minimum absolute atomic E-state index is 0.424. The van der Waals surface area contributed by atoms with E-state index in [1.165, 1.54) is 0 Å². The average molecular weight is 238 g/mol. The summed E-state index contributed by atoms with van der Waals surface area (Å²) in [6, 6.07) is 0. The summed E-state index contributed by atoms with van der Waals surface area (Å²) in [7, 11) is -4.58. The lowest BCUT2D eigenvalue weighted by Crippen LogP contribution is -2.14. The summed E-state index contributed by atoms with van der Waals surface area (Å²) in [6.07, 6.45) is -0.368. The Hall–Kier alpha value is -1.50. The lowest BCUT2D eigenvalue weighted by molar-refractivity contribution is -0.154. The number of hydrogen-bond acceptors (Lipinski definition) is 5. The second-order valence-electron chi connectivity index (χ2n) is 2.29.